The van der Waals surface area contributed by atoms with Gasteiger partial charge in [-0.15, -0.1) is 0 Å². The molecule has 1 aliphatic rings. The maximum absolute atomic E-state index is 4.36. The third-order valence-electron chi connectivity index (χ3n) is 2.83. The summed E-state index contributed by atoms with van der Waals surface area (Å²) >= 11 is 3.66. The molecule has 1 saturated heterocycles. The fourth-order valence-corrected chi connectivity index (χ4v) is 2.57. The predicted octanol–water partition coefficient (Wildman–Crippen LogP) is 1.64. The van der Waals surface area contributed by atoms with Crippen LogP contribution in [-0.2, 0) is 0 Å². The lowest BCUT2D eigenvalue weighted by Gasteiger charge is -2.34. The predicted molar refractivity (Wildman–Crippen MR) is 66.6 cm³/mol. The summed E-state index contributed by atoms with van der Waals surface area (Å²) in [5.41, 5.74) is 0. The van der Waals surface area contributed by atoms with E-state index in [0.29, 0.717) is 10.9 Å². The fraction of sp³-hybridized carbons (Fsp3) is 0.545. The molecule has 0 aliphatic carbocycles. The van der Waals surface area contributed by atoms with E-state index in [1.165, 1.54) is 6.42 Å². The number of aromatic nitrogens is 1. The Hall–Kier alpha value is -0.610. The van der Waals surface area contributed by atoms with E-state index in [9.17, 15) is 0 Å². The van der Waals surface area contributed by atoms with Gasteiger partial charge in [-0.3, -0.25) is 0 Å². The molecule has 15 heavy (non-hydrogen) atoms. The highest BCUT2D eigenvalue weighted by atomic mass is 79.9. The van der Waals surface area contributed by atoms with Crippen molar-refractivity contribution in [1.29, 1.82) is 0 Å². The lowest BCUT2D eigenvalue weighted by Crippen LogP contribution is -2.48. The van der Waals surface area contributed by atoms with Crippen molar-refractivity contribution in [2.45, 2.75) is 17.3 Å². The van der Waals surface area contributed by atoms with E-state index in [4.69, 9.17) is 0 Å². The molecule has 1 aromatic heterocycles. The average Bonchev–Trinajstić information content (AvgIpc) is 2.29. The molecule has 0 radical (unpaired) electrons. The maximum atomic E-state index is 4.36. The van der Waals surface area contributed by atoms with E-state index >= 15 is 0 Å². The molecule has 2 atom stereocenters. The zero-order valence-electron chi connectivity index (χ0n) is 8.86. The second-order valence-corrected chi connectivity index (χ2v) is 5.24. The molecule has 0 spiro atoms. The molecule has 1 aromatic rings. The van der Waals surface area contributed by atoms with Crippen LogP contribution in [-0.4, -0.2) is 36.0 Å². The molecule has 1 fully saturated rings. The Morgan fingerprint density at radius 1 is 1.47 bits per heavy atom. The summed E-state index contributed by atoms with van der Waals surface area (Å²) in [5.74, 6) is 1.05. The number of pyridine rings is 1. The van der Waals surface area contributed by atoms with Crippen LogP contribution in [0.3, 0.4) is 0 Å². The van der Waals surface area contributed by atoms with Crippen molar-refractivity contribution in [3.8, 4) is 0 Å². The van der Waals surface area contributed by atoms with Gasteiger partial charge >= 0.3 is 0 Å². The molecule has 2 unspecified atom stereocenters. The van der Waals surface area contributed by atoms with E-state index in [-0.39, 0.29) is 0 Å². The smallest absolute Gasteiger partial charge is 0.128 e. The zero-order valence-corrected chi connectivity index (χ0v) is 10.4. The minimum Gasteiger partial charge on any atom is -0.355 e. The quantitative estimate of drug-likeness (QED) is 0.828. The van der Waals surface area contributed by atoms with Gasteiger partial charge in [-0.25, -0.2) is 4.98 Å². The number of nitrogens with one attached hydrogen (secondary N) is 1. The number of likely N-dealkylation sites (N-methyl/N-ethyl adjacent to an activating group) is 1. The summed E-state index contributed by atoms with van der Waals surface area (Å²) in [6.45, 7) is 2.10. The van der Waals surface area contributed by atoms with Crippen LogP contribution in [0.15, 0.2) is 24.4 Å². The summed E-state index contributed by atoms with van der Waals surface area (Å²) in [4.78, 5) is 7.18. The molecule has 82 valence electrons. The first-order valence-electron chi connectivity index (χ1n) is 5.26. The van der Waals surface area contributed by atoms with Crippen LogP contribution in [0.2, 0.25) is 0 Å². The summed E-state index contributed by atoms with van der Waals surface area (Å²) < 4.78 is 0. The number of nitrogens with zero attached hydrogens (tertiary/aromatic N) is 2. The van der Waals surface area contributed by atoms with Gasteiger partial charge in [0.1, 0.15) is 5.82 Å². The Bertz CT molecular complexity index is 304. The Morgan fingerprint density at radius 3 is 3.00 bits per heavy atom. The van der Waals surface area contributed by atoms with Gasteiger partial charge in [-0.1, -0.05) is 22.0 Å². The third kappa shape index (κ3) is 2.69. The number of rotatable bonds is 2. The number of hydrogen-bond acceptors (Lipinski definition) is 3. The molecule has 3 nitrogen and oxygen atoms in total. The summed E-state index contributed by atoms with van der Waals surface area (Å²) in [7, 11) is 2.11. The molecular formula is C11H16BrN3. The third-order valence-corrected chi connectivity index (χ3v) is 3.53. The second-order valence-electron chi connectivity index (χ2n) is 3.94. The van der Waals surface area contributed by atoms with Gasteiger partial charge in [0.2, 0.25) is 0 Å². The van der Waals surface area contributed by atoms with Crippen molar-refractivity contribution in [3.63, 3.8) is 0 Å². The van der Waals surface area contributed by atoms with Gasteiger partial charge in [0.25, 0.3) is 0 Å². The van der Waals surface area contributed by atoms with Crippen molar-refractivity contribution in [2.75, 3.05) is 25.0 Å². The van der Waals surface area contributed by atoms with Crippen molar-refractivity contribution < 1.29 is 0 Å². The lowest BCUT2D eigenvalue weighted by molar-refractivity contribution is 0.456. The molecule has 0 saturated carbocycles. The van der Waals surface area contributed by atoms with Crippen LogP contribution in [0.25, 0.3) is 0 Å². The van der Waals surface area contributed by atoms with Gasteiger partial charge in [-0.2, -0.15) is 0 Å². The topological polar surface area (TPSA) is 28.2 Å². The molecule has 1 N–H and O–H groups in total. The maximum Gasteiger partial charge on any atom is 0.128 e. The van der Waals surface area contributed by atoms with E-state index in [1.807, 2.05) is 18.3 Å². The standard InChI is InChI=1S/C11H16BrN3/c1-15(11-4-2-3-5-14-11)10-6-9(12)7-13-8-10/h2-5,9-10,13H,6-8H2,1H3. The van der Waals surface area contributed by atoms with E-state index in [0.717, 1.165) is 18.9 Å². The van der Waals surface area contributed by atoms with Gasteiger partial charge in [0, 0.05) is 37.2 Å². The molecule has 2 rings (SSSR count). The number of alkyl halides is 1. The summed E-state index contributed by atoms with van der Waals surface area (Å²) in [6, 6.07) is 6.56. The SMILES string of the molecule is CN(c1ccccn1)C1CNCC(Br)C1. The molecule has 0 bridgehead atoms. The van der Waals surface area contributed by atoms with Gasteiger partial charge in [0.05, 0.1) is 0 Å². The molecule has 2 heterocycles. The van der Waals surface area contributed by atoms with Crippen molar-refractivity contribution >= 4 is 21.7 Å². The first-order chi connectivity index (χ1) is 7.27. The number of hydrogen-bond donors (Lipinski definition) is 1. The van der Waals surface area contributed by atoms with E-state index in [2.05, 4.69) is 44.2 Å². The fourth-order valence-electron chi connectivity index (χ4n) is 1.91. The number of halogens is 1. The van der Waals surface area contributed by atoms with Crippen LogP contribution in [0.4, 0.5) is 5.82 Å². The molecular weight excluding hydrogens is 254 g/mol. The van der Waals surface area contributed by atoms with E-state index in [1.54, 1.807) is 0 Å². The second kappa shape index (κ2) is 4.94. The molecule has 0 aromatic carbocycles. The van der Waals surface area contributed by atoms with Crippen molar-refractivity contribution in [3.05, 3.63) is 24.4 Å². The van der Waals surface area contributed by atoms with Crippen LogP contribution in [0.5, 0.6) is 0 Å². The summed E-state index contributed by atoms with van der Waals surface area (Å²) in [5, 5.41) is 3.42. The van der Waals surface area contributed by atoms with Crippen LogP contribution < -0.4 is 10.2 Å². The number of piperidine rings is 1. The Kier molecular flexibility index (Phi) is 3.59. The van der Waals surface area contributed by atoms with Crippen LogP contribution >= 0.6 is 15.9 Å². The van der Waals surface area contributed by atoms with E-state index < -0.39 is 0 Å². The van der Waals surface area contributed by atoms with Crippen molar-refractivity contribution in [1.82, 2.24) is 10.3 Å². The summed E-state index contributed by atoms with van der Waals surface area (Å²) in [6.07, 6.45) is 3.01. The van der Waals surface area contributed by atoms with Crippen LogP contribution in [0.1, 0.15) is 6.42 Å². The molecule has 4 heteroatoms. The largest absolute Gasteiger partial charge is 0.355 e. The highest BCUT2D eigenvalue weighted by molar-refractivity contribution is 9.09. The highest BCUT2D eigenvalue weighted by Gasteiger charge is 2.23. The van der Waals surface area contributed by atoms with Gasteiger partial charge in [-0.05, 0) is 18.6 Å². The Morgan fingerprint density at radius 2 is 2.33 bits per heavy atom. The highest BCUT2D eigenvalue weighted by Crippen LogP contribution is 2.19. The normalized spacial score (nSPS) is 26.3. The molecule has 1 aliphatic heterocycles. The van der Waals surface area contributed by atoms with Crippen LogP contribution in [0, 0.1) is 0 Å². The zero-order chi connectivity index (χ0) is 10.7. The van der Waals surface area contributed by atoms with Gasteiger partial charge < -0.3 is 10.2 Å². The Labute approximate surface area is 99.0 Å². The molecule has 0 amide bonds. The lowest BCUT2D eigenvalue weighted by atomic mass is 10.1. The first kappa shape index (κ1) is 10.9. The average molecular weight is 270 g/mol. The monoisotopic (exact) mass is 269 g/mol. The van der Waals surface area contributed by atoms with Crippen molar-refractivity contribution in [2.24, 2.45) is 0 Å². The first-order valence-corrected chi connectivity index (χ1v) is 6.17. The van der Waals surface area contributed by atoms with Gasteiger partial charge in [0.15, 0.2) is 0 Å². The Balaban J connectivity index is 2.04. The minimum absolute atomic E-state index is 0.526. The number of anilines is 1. The minimum atomic E-state index is 0.526.